The van der Waals surface area contributed by atoms with Gasteiger partial charge in [0.05, 0.1) is 19.8 Å². The lowest BCUT2D eigenvalue weighted by Gasteiger charge is -2.29. The predicted molar refractivity (Wildman–Crippen MR) is 89.7 cm³/mol. The molecule has 0 aromatic carbocycles. The number of carbonyl (C=O) groups excluding carboxylic acids is 1. The smallest absolute Gasteiger partial charge is 0.315 e. The van der Waals surface area contributed by atoms with E-state index in [1.165, 1.54) is 12.8 Å². The van der Waals surface area contributed by atoms with E-state index >= 15 is 0 Å². The van der Waals surface area contributed by atoms with E-state index in [9.17, 15) is 4.79 Å². The van der Waals surface area contributed by atoms with Gasteiger partial charge in [-0.2, -0.15) is 0 Å². The van der Waals surface area contributed by atoms with Crippen LogP contribution in [0.1, 0.15) is 37.8 Å². The molecule has 8 heteroatoms. The molecule has 134 valence electrons. The van der Waals surface area contributed by atoms with Crippen molar-refractivity contribution >= 4 is 6.03 Å². The van der Waals surface area contributed by atoms with E-state index in [1.54, 1.807) is 0 Å². The van der Waals surface area contributed by atoms with Gasteiger partial charge in [0.2, 0.25) is 0 Å². The van der Waals surface area contributed by atoms with Crippen molar-refractivity contribution in [1.29, 1.82) is 0 Å². The second kappa shape index (κ2) is 8.43. The van der Waals surface area contributed by atoms with E-state index in [0.717, 1.165) is 63.9 Å². The number of fused-ring (bicyclic) bond motifs is 1. The van der Waals surface area contributed by atoms with Crippen molar-refractivity contribution in [2.24, 2.45) is 0 Å². The first-order valence-corrected chi connectivity index (χ1v) is 8.98. The molecule has 8 nitrogen and oxygen atoms in total. The van der Waals surface area contributed by atoms with Gasteiger partial charge in [-0.1, -0.05) is 6.42 Å². The molecule has 24 heavy (non-hydrogen) atoms. The lowest BCUT2D eigenvalue weighted by Crippen LogP contribution is -2.48. The molecule has 2 aliphatic heterocycles. The number of ether oxygens (including phenoxy) is 1. The third-order valence-corrected chi connectivity index (χ3v) is 4.61. The van der Waals surface area contributed by atoms with Gasteiger partial charge in [0.25, 0.3) is 0 Å². The minimum Gasteiger partial charge on any atom is -0.379 e. The molecular formula is C16H28N6O2. The molecule has 0 unspecified atom stereocenters. The van der Waals surface area contributed by atoms with Gasteiger partial charge in [-0.3, -0.25) is 4.90 Å². The molecule has 2 aliphatic rings. The van der Waals surface area contributed by atoms with E-state index in [-0.39, 0.29) is 12.1 Å². The number of carbonyl (C=O) groups is 1. The molecule has 2 amide bonds. The molecule has 1 atom stereocenters. The Bertz CT molecular complexity index is 541. The maximum absolute atomic E-state index is 12.1. The fourth-order valence-electron chi connectivity index (χ4n) is 3.33. The predicted octanol–water partition coefficient (Wildman–Crippen LogP) is 0.524. The minimum absolute atomic E-state index is 0.0959. The molecule has 3 heterocycles. The van der Waals surface area contributed by atoms with Gasteiger partial charge >= 0.3 is 6.03 Å². The molecule has 3 rings (SSSR count). The summed E-state index contributed by atoms with van der Waals surface area (Å²) in [6.45, 7) is 7.65. The van der Waals surface area contributed by atoms with Crippen LogP contribution in [0.15, 0.2) is 0 Å². The van der Waals surface area contributed by atoms with Crippen LogP contribution in [0, 0.1) is 0 Å². The van der Waals surface area contributed by atoms with Crippen LogP contribution in [0.4, 0.5) is 4.79 Å². The summed E-state index contributed by atoms with van der Waals surface area (Å²) in [6, 6.07) is -0.0552. The number of rotatable bonds is 5. The topological polar surface area (TPSA) is 84.3 Å². The Morgan fingerprint density at radius 3 is 2.88 bits per heavy atom. The maximum Gasteiger partial charge on any atom is 0.315 e. The highest BCUT2D eigenvalue weighted by molar-refractivity contribution is 5.74. The average molecular weight is 336 g/mol. The van der Waals surface area contributed by atoms with Gasteiger partial charge in [-0.05, 0) is 19.8 Å². The molecule has 1 fully saturated rings. The number of urea groups is 1. The van der Waals surface area contributed by atoms with Crippen molar-refractivity contribution in [3.63, 3.8) is 0 Å². The fourth-order valence-corrected chi connectivity index (χ4v) is 3.33. The number of nitrogens with zero attached hydrogens (tertiary/aromatic N) is 4. The highest BCUT2D eigenvalue weighted by Crippen LogP contribution is 2.14. The summed E-state index contributed by atoms with van der Waals surface area (Å²) in [6.07, 6.45) is 4.54. The number of nitrogens with one attached hydrogen (secondary N) is 2. The Morgan fingerprint density at radius 2 is 2.04 bits per heavy atom. The Balaban J connectivity index is 1.43. The second-order valence-corrected chi connectivity index (χ2v) is 6.64. The Morgan fingerprint density at radius 1 is 1.21 bits per heavy atom. The van der Waals surface area contributed by atoms with Crippen LogP contribution in [0.25, 0.3) is 0 Å². The molecule has 1 saturated heterocycles. The molecule has 0 bridgehead atoms. The zero-order chi connectivity index (χ0) is 16.8. The number of hydrogen-bond donors (Lipinski definition) is 2. The summed E-state index contributed by atoms with van der Waals surface area (Å²) in [7, 11) is 0. The van der Waals surface area contributed by atoms with Crippen molar-refractivity contribution in [3.05, 3.63) is 11.6 Å². The Labute approximate surface area is 142 Å². The lowest BCUT2D eigenvalue weighted by molar-refractivity contribution is 0.0349. The molecule has 1 aromatic rings. The standard InChI is InChI=1S/C16H28N6O2/c1-13(12-21-7-9-24-10-8-21)18-16(23)17-11-15-20-19-14-5-3-2-4-6-22(14)15/h13H,2-12H2,1H3,(H2,17,18,23)/t13-/m0/s1. The molecule has 0 spiro atoms. The van der Waals surface area contributed by atoms with Crippen molar-refractivity contribution < 1.29 is 9.53 Å². The fraction of sp³-hybridized carbons (Fsp3) is 0.812. The van der Waals surface area contributed by atoms with Gasteiger partial charge in [0.15, 0.2) is 5.82 Å². The van der Waals surface area contributed by atoms with Crippen LogP contribution in [0.3, 0.4) is 0 Å². The first kappa shape index (κ1) is 17.2. The minimum atomic E-state index is -0.151. The third-order valence-electron chi connectivity index (χ3n) is 4.61. The van der Waals surface area contributed by atoms with Gasteiger partial charge in [0.1, 0.15) is 5.82 Å². The molecule has 0 saturated carbocycles. The van der Waals surface area contributed by atoms with E-state index in [0.29, 0.717) is 6.54 Å². The lowest BCUT2D eigenvalue weighted by atomic mass is 10.2. The zero-order valence-electron chi connectivity index (χ0n) is 14.5. The zero-order valence-corrected chi connectivity index (χ0v) is 14.5. The number of hydrogen-bond acceptors (Lipinski definition) is 5. The van der Waals surface area contributed by atoms with Gasteiger partial charge in [0, 0.05) is 38.6 Å². The van der Waals surface area contributed by atoms with Crippen molar-refractivity contribution in [1.82, 2.24) is 30.3 Å². The number of morpholine rings is 1. The Hall–Kier alpha value is -1.67. The van der Waals surface area contributed by atoms with Crippen LogP contribution >= 0.6 is 0 Å². The van der Waals surface area contributed by atoms with Gasteiger partial charge in [-0.15, -0.1) is 10.2 Å². The van der Waals surface area contributed by atoms with Crippen LogP contribution < -0.4 is 10.6 Å². The number of amides is 2. The molecule has 1 aromatic heterocycles. The summed E-state index contributed by atoms with van der Waals surface area (Å²) >= 11 is 0. The van der Waals surface area contributed by atoms with Gasteiger partial charge < -0.3 is 19.9 Å². The highest BCUT2D eigenvalue weighted by atomic mass is 16.5. The van der Waals surface area contributed by atoms with E-state index in [1.807, 2.05) is 6.92 Å². The maximum atomic E-state index is 12.1. The summed E-state index contributed by atoms with van der Waals surface area (Å²) in [5.74, 6) is 1.90. The number of aromatic nitrogens is 3. The van der Waals surface area contributed by atoms with E-state index < -0.39 is 0 Å². The van der Waals surface area contributed by atoms with Crippen LogP contribution in [0.2, 0.25) is 0 Å². The van der Waals surface area contributed by atoms with E-state index in [2.05, 4.69) is 30.3 Å². The summed E-state index contributed by atoms with van der Waals surface area (Å²) in [5.41, 5.74) is 0. The van der Waals surface area contributed by atoms with Crippen molar-refractivity contribution in [2.75, 3.05) is 32.8 Å². The van der Waals surface area contributed by atoms with Crippen molar-refractivity contribution in [3.8, 4) is 0 Å². The quantitative estimate of drug-likeness (QED) is 0.819. The first-order valence-electron chi connectivity index (χ1n) is 8.98. The third kappa shape index (κ3) is 4.67. The number of aryl methyl sites for hydroxylation is 1. The molecule has 2 N–H and O–H groups in total. The van der Waals surface area contributed by atoms with Crippen LogP contribution in [-0.2, 0) is 24.2 Å². The van der Waals surface area contributed by atoms with Crippen LogP contribution in [0.5, 0.6) is 0 Å². The molecule has 0 radical (unpaired) electrons. The SMILES string of the molecule is C[C@@H](CN1CCOCC1)NC(=O)NCc1nnc2n1CCCCC2. The largest absolute Gasteiger partial charge is 0.379 e. The summed E-state index contributed by atoms with van der Waals surface area (Å²) in [4.78, 5) is 14.4. The average Bonchev–Trinajstić information content (AvgIpc) is 2.80. The summed E-state index contributed by atoms with van der Waals surface area (Å²) < 4.78 is 7.50. The van der Waals surface area contributed by atoms with Gasteiger partial charge in [-0.25, -0.2) is 4.79 Å². The van der Waals surface area contributed by atoms with E-state index in [4.69, 9.17) is 4.74 Å². The second-order valence-electron chi connectivity index (χ2n) is 6.64. The summed E-state index contributed by atoms with van der Waals surface area (Å²) in [5, 5.41) is 14.4. The normalized spacial score (nSPS) is 20.0. The highest BCUT2D eigenvalue weighted by Gasteiger charge is 2.17. The Kier molecular flexibility index (Phi) is 6.03. The van der Waals surface area contributed by atoms with Crippen molar-refractivity contribution in [2.45, 2.75) is 51.7 Å². The van der Waals surface area contributed by atoms with Crippen LogP contribution in [-0.4, -0.2) is 64.6 Å². The molecule has 0 aliphatic carbocycles. The first-order chi connectivity index (χ1) is 11.7. The monoisotopic (exact) mass is 336 g/mol. The molecular weight excluding hydrogens is 308 g/mol.